The summed E-state index contributed by atoms with van der Waals surface area (Å²) in [7, 11) is 3.02. The number of rotatable bonds is 5. The number of benzene rings is 2. The third kappa shape index (κ3) is 7.01. The van der Waals surface area contributed by atoms with E-state index in [1.54, 1.807) is 47.5 Å². The fraction of sp³-hybridized carbons (Fsp3) is 0.310. The summed E-state index contributed by atoms with van der Waals surface area (Å²) in [6.45, 7) is 0.505. The lowest BCUT2D eigenvalue weighted by Gasteiger charge is -2.22. The van der Waals surface area contributed by atoms with Gasteiger partial charge in [-0.3, -0.25) is 14.4 Å². The van der Waals surface area contributed by atoms with Crippen molar-refractivity contribution in [2.45, 2.75) is 23.7 Å². The summed E-state index contributed by atoms with van der Waals surface area (Å²) in [5.41, 5.74) is 1.03. The fourth-order valence-corrected chi connectivity index (χ4v) is 5.33. The zero-order valence-electron chi connectivity index (χ0n) is 22.6. The number of nitrogens with zero attached hydrogens (tertiary/aromatic N) is 2. The summed E-state index contributed by atoms with van der Waals surface area (Å²) in [6, 6.07) is 15.1. The van der Waals surface area contributed by atoms with Crippen molar-refractivity contribution < 1.29 is 33.3 Å². The van der Waals surface area contributed by atoms with Crippen LogP contribution in [0.15, 0.2) is 65.8 Å². The molecule has 0 unspecified atom stereocenters. The Labute approximate surface area is 241 Å². The van der Waals surface area contributed by atoms with Gasteiger partial charge in [-0.05, 0) is 36.4 Å². The van der Waals surface area contributed by atoms with E-state index in [0.717, 1.165) is 10.6 Å². The molecular formula is C29H30N4O7S. The highest BCUT2D eigenvalue weighted by molar-refractivity contribution is 7.99. The van der Waals surface area contributed by atoms with Gasteiger partial charge < -0.3 is 34.5 Å². The van der Waals surface area contributed by atoms with Gasteiger partial charge in [-0.25, -0.2) is 4.98 Å². The van der Waals surface area contributed by atoms with Crippen molar-refractivity contribution in [3.63, 3.8) is 0 Å². The predicted molar refractivity (Wildman–Crippen MR) is 151 cm³/mol. The number of thioether (sulfide) groups is 1. The predicted octanol–water partition coefficient (Wildman–Crippen LogP) is 2.29. The number of hydrogen-bond acceptors (Lipinski definition) is 9. The molecule has 0 radical (unpaired) electrons. The molecule has 2 aromatic carbocycles. The van der Waals surface area contributed by atoms with Crippen LogP contribution in [-0.2, 0) is 16.1 Å². The summed E-state index contributed by atoms with van der Waals surface area (Å²) in [5.74, 6) is 1.12. The van der Waals surface area contributed by atoms with Gasteiger partial charge in [0.2, 0.25) is 5.91 Å². The average Bonchev–Trinajstić information content (AvgIpc) is 3.39. The first-order valence-corrected chi connectivity index (χ1v) is 13.9. The Morgan fingerprint density at radius 3 is 2.73 bits per heavy atom. The van der Waals surface area contributed by atoms with Gasteiger partial charge in [0.15, 0.2) is 6.61 Å². The maximum atomic E-state index is 13.4. The number of aromatic nitrogens is 1. The lowest BCUT2D eigenvalue weighted by Crippen LogP contribution is -2.45. The van der Waals surface area contributed by atoms with E-state index in [-0.39, 0.29) is 49.4 Å². The molecule has 0 spiro atoms. The molecule has 11 nitrogen and oxygen atoms in total. The SMILES string of the molecule is COc1cc2cc(c1)C(=O)N[C@H]1CN(C(=O)CSc3ccccn3)C[C@@H]1Oc1ccc(c(OC)c1)CNC(=O)CO2. The Morgan fingerprint density at radius 2 is 1.95 bits per heavy atom. The molecule has 4 bridgehead atoms. The fourth-order valence-electron chi connectivity index (χ4n) is 4.56. The summed E-state index contributed by atoms with van der Waals surface area (Å²) in [4.78, 5) is 45.0. The summed E-state index contributed by atoms with van der Waals surface area (Å²) >= 11 is 1.35. The second kappa shape index (κ2) is 12.8. The minimum absolute atomic E-state index is 0.0890. The van der Waals surface area contributed by atoms with E-state index >= 15 is 0 Å². The van der Waals surface area contributed by atoms with Gasteiger partial charge in [0.25, 0.3) is 11.8 Å². The highest BCUT2D eigenvalue weighted by Crippen LogP contribution is 2.29. The summed E-state index contributed by atoms with van der Waals surface area (Å²) in [5, 5.41) is 6.58. The van der Waals surface area contributed by atoms with Crippen LogP contribution in [0.3, 0.4) is 0 Å². The summed E-state index contributed by atoms with van der Waals surface area (Å²) < 4.78 is 22.9. The first kappa shape index (κ1) is 28.1. The standard InChI is InChI=1S/C29H30N4O7S/c1-37-21-9-19-10-22(11-21)39-16-26(34)31-13-18-6-7-20(12-24(18)38-2)40-25-15-33(14-23(25)32-29(19)36)28(35)17-41-27-5-3-4-8-30-27/h3-12,23,25H,13-17H2,1-2H3,(H,31,34)(H,32,36)/t23-,25-/m0/s1. The number of likely N-dealkylation sites (tertiary alicyclic amines) is 1. The van der Waals surface area contributed by atoms with Crippen molar-refractivity contribution in [2.24, 2.45) is 0 Å². The average molecular weight is 579 g/mol. The Morgan fingerprint density at radius 1 is 1.07 bits per heavy atom. The van der Waals surface area contributed by atoms with Crippen LogP contribution in [0.1, 0.15) is 15.9 Å². The second-order valence-electron chi connectivity index (χ2n) is 9.43. The highest BCUT2D eigenvalue weighted by Gasteiger charge is 2.38. The molecule has 0 saturated carbocycles. The number of fused-ring (bicyclic) bond motifs is 7. The lowest BCUT2D eigenvalue weighted by molar-refractivity contribution is -0.127. The van der Waals surface area contributed by atoms with Crippen molar-refractivity contribution in [3.8, 4) is 23.0 Å². The van der Waals surface area contributed by atoms with E-state index in [0.29, 0.717) is 23.0 Å². The van der Waals surface area contributed by atoms with Crippen molar-refractivity contribution in [3.05, 3.63) is 71.9 Å². The molecule has 3 amide bonds. The molecule has 214 valence electrons. The molecule has 41 heavy (non-hydrogen) atoms. The Bertz CT molecular complexity index is 1420. The molecule has 12 heteroatoms. The zero-order valence-corrected chi connectivity index (χ0v) is 23.4. The van der Waals surface area contributed by atoms with Gasteiger partial charge in [0.1, 0.15) is 29.1 Å². The number of nitrogens with one attached hydrogen (secondary N) is 2. The van der Waals surface area contributed by atoms with E-state index in [1.165, 1.54) is 26.0 Å². The normalized spacial score (nSPS) is 18.7. The van der Waals surface area contributed by atoms with Crippen LogP contribution in [0.25, 0.3) is 0 Å². The molecule has 2 atom stereocenters. The van der Waals surface area contributed by atoms with E-state index in [9.17, 15) is 14.4 Å². The highest BCUT2D eigenvalue weighted by atomic mass is 32.2. The van der Waals surface area contributed by atoms with Gasteiger partial charge in [-0.1, -0.05) is 17.8 Å². The smallest absolute Gasteiger partial charge is 0.258 e. The van der Waals surface area contributed by atoms with Crippen LogP contribution in [0, 0.1) is 0 Å². The first-order chi connectivity index (χ1) is 19.9. The lowest BCUT2D eigenvalue weighted by atomic mass is 10.1. The maximum Gasteiger partial charge on any atom is 0.258 e. The summed E-state index contributed by atoms with van der Waals surface area (Å²) in [6.07, 6.45) is 1.15. The zero-order chi connectivity index (χ0) is 28.8. The molecule has 4 heterocycles. The van der Waals surface area contributed by atoms with Crippen LogP contribution in [0.2, 0.25) is 0 Å². The number of hydrogen-bond donors (Lipinski definition) is 2. The van der Waals surface area contributed by atoms with E-state index in [1.807, 2.05) is 18.2 Å². The Hall–Kier alpha value is -4.45. The minimum atomic E-state index is -0.532. The van der Waals surface area contributed by atoms with E-state index in [2.05, 4.69) is 15.6 Å². The number of carbonyl (C=O) groups is 3. The molecule has 0 aliphatic carbocycles. The molecule has 1 fully saturated rings. The van der Waals surface area contributed by atoms with Gasteiger partial charge in [0.05, 0.1) is 37.6 Å². The van der Waals surface area contributed by atoms with Crippen LogP contribution < -0.4 is 29.6 Å². The van der Waals surface area contributed by atoms with E-state index in [4.69, 9.17) is 18.9 Å². The topological polar surface area (TPSA) is 128 Å². The van der Waals surface area contributed by atoms with E-state index < -0.39 is 18.1 Å². The molecular weight excluding hydrogens is 548 g/mol. The third-order valence-electron chi connectivity index (χ3n) is 6.69. The van der Waals surface area contributed by atoms with Crippen molar-refractivity contribution >= 4 is 29.5 Å². The first-order valence-electron chi connectivity index (χ1n) is 13.0. The Balaban J connectivity index is 1.42. The molecule has 2 N–H and O–H groups in total. The molecule has 3 aliphatic heterocycles. The van der Waals surface area contributed by atoms with Crippen LogP contribution >= 0.6 is 11.8 Å². The largest absolute Gasteiger partial charge is 0.497 e. The van der Waals surface area contributed by atoms with Gasteiger partial charge in [-0.15, -0.1) is 0 Å². The maximum absolute atomic E-state index is 13.4. The van der Waals surface area contributed by atoms with Crippen molar-refractivity contribution in [2.75, 3.05) is 39.7 Å². The minimum Gasteiger partial charge on any atom is -0.497 e. The molecule has 1 saturated heterocycles. The Kier molecular flexibility index (Phi) is 8.78. The van der Waals surface area contributed by atoms with Crippen molar-refractivity contribution in [1.29, 1.82) is 0 Å². The van der Waals surface area contributed by atoms with Gasteiger partial charge in [-0.2, -0.15) is 0 Å². The number of ether oxygens (including phenoxy) is 4. The van der Waals surface area contributed by atoms with Crippen LogP contribution in [0.5, 0.6) is 23.0 Å². The molecule has 1 aromatic heterocycles. The van der Waals surface area contributed by atoms with Crippen LogP contribution in [0.4, 0.5) is 0 Å². The number of amides is 3. The second-order valence-corrected chi connectivity index (χ2v) is 10.4. The molecule has 6 rings (SSSR count). The molecule has 3 aromatic rings. The van der Waals surface area contributed by atoms with Gasteiger partial charge in [0, 0.05) is 42.5 Å². The van der Waals surface area contributed by atoms with Gasteiger partial charge >= 0.3 is 0 Å². The quantitative estimate of drug-likeness (QED) is 0.438. The van der Waals surface area contributed by atoms with Crippen molar-refractivity contribution in [1.82, 2.24) is 20.5 Å². The number of pyridine rings is 1. The third-order valence-corrected chi connectivity index (χ3v) is 7.62. The number of methoxy groups -OCH3 is 2. The molecule has 3 aliphatic rings. The monoisotopic (exact) mass is 578 g/mol. The number of carbonyl (C=O) groups excluding carboxylic acids is 3. The van der Waals surface area contributed by atoms with Crippen LogP contribution in [-0.4, -0.2) is 79.4 Å².